The topological polar surface area (TPSA) is 67.2 Å². The number of nitrogens with zero attached hydrogens (tertiary/aromatic N) is 1. The van der Waals surface area contributed by atoms with Crippen molar-refractivity contribution in [1.29, 1.82) is 5.26 Å². The van der Waals surface area contributed by atoms with Crippen LogP contribution in [0.1, 0.15) is 26.3 Å². The Labute approximate surface area is 177 Å². The van der Waals surface area contributed by atoms with Crippen LogP contribution in [0.4, 0.5) is 0 Å². The molecule has 0 fully saturated rings. The second-order valence-corrected chi connectivity index (χ2v) is 6.79. The molecule has 3 aromatic rings. The highest BCUT2D eigenvalue weighted by Crippen LogP contribution is 2.23. The lowest BCUT2D eigenvalue weighted by molar-refractivity contribution is 0.0734. The van der Waals surface area contributed by atoms with Crippen LogP contribution < -0.4 is 4.74 Å². The molecule has 0 amide bonds. The smallest absolute Gasteiger partial charge is 0.345 e. The zero-order valence-corrected chi connectivity index (χ0v) is 16.4. The second-order valence-electron chi connectivity index (χ2n) is 5.95. The van der Waals surface area contributed by atoms with Gasteiger partial charge in [-0.15, -0.1) is 0 Å². The predicted octanol–water partition coefficient (Wildman–Crippen LogP) is 6.00. The molecule has 0 atom stereocenters. The van der Waals surface area contributed by atoms with E-state index in [9.17, 15) is 14.9 Å². The molecule has 0 saturated heterocycles. The largest absolute Gasteiger partial charge is 0.423 e. The number of carbonyl (C=O) groups excluding carboxylic acids is 2. The first-order valence-electron chi connectivity index (χ1n) is 8.47. The lowest BCUT2D eigenvalue weighted by Crippen LogP contribution is -2.09. The number of rotatable bonds is 5. The Morgan fingerprint density at radius 3 is 2.24 bits per heavy atom. The first kappa shape index (κ1) is 20.3. The van der Waals surface area contributed by atoms with Crippen LogP contribution in [-0.4, -0.2) is 11.8 Å². The van der Waals surface area contributed by atoms with Gasteiger partial charge in [0.1, 0.15) is 17.4 Å². The Hall–Kier alpha value is -3.39. The number of Topliss-reactive ketones (excluding diaryl/α,β-unsaturated/α-hetero) is 1. The highest BCUT2D eigenvalue weighted by atomic mass is 35.5. The zero-order valence-electron chi connectivity index (χ0n) is 14.9. The average molecular weight is 422 g/mol. The lowest BCUT2D eigenvalue weighted by atomic mass is 10.0. The molecule has 0 unspecified atom stereocenters. The van der Waals surface area contributed by atoms with Crippen LogP contribution in [0.25, 0.3) is 6.08 Å². The van der Waals surface area contributed by atoms with E-state index in [2.05, 4.69) is 0 Å². The molecule has 0 saturated carbocycles. The maximum absolute atomic E-state index is 12.4. The van der Waals surface area contributed by atoms with Gasteiger partial charge in [-0.05, 0) is 42.0 Å². The van der Waals surface area contributed by atoms with E-state index in [0.29, 0.717) is 21.9 Å². The van der Waals surface area contributed by atoms with Crippen LogP contribution in [0.5, 0.6) is 5.75 Å². The summed E-state index contributed by atoms with van der Waals surface area (Å²) >= 11 is 11.8. The van der Waals surface area contributed by atoms with Gasteiger partial charge in [-0.1, -0.05) is 65.7 Å². The molecule has 0 aliphatic heterocycles. The Morgan fingerprint density at radius 1 is 0.931 bits per heavy atom. The van der Waals surface area contributed by atoms with Gasteiger partial charge in [0.25, 0.3) is 0 Å². The Kier molecular flexibility index (Phi) is 6.46. The maximum Gasteiger partial charge on any atom is 0.345 e. The van der Waals surface area contributed by atoms with Crippen LogP contribution in [0.3, 0.4) is 0 Å². The van der Waals surface area contributed by atoms with Crippen LogP contribution in [0, 0.1) is 11.3 Å². The molecule has 6 heteroatoms. The first-order chi connectivity index (χ1) is 14.0. The van der Waals surface area contributed by atoms with Gasteiger partial charge < -0.3 is 4.74 Å². The summed E-state index contributed by atoms with van der Waals surface area (Å²) in [5.41, 5.74) is 1.26. The number of hydrogen-bond acceptors (Lipinski definition) is 4. The summed E-state index contributed by atoms with van der Waals surface area (Å²) < 4.78 is 5.31. The summed E-state index contributed by atoms with van der Waals surface area (Å²) in [6.45, 7) is 0. The van der Waals surface area contributed by atoms with E-state index in [1.807, 2.05) is 6.07 Å². The summed E-state index contributed by atoms with van der Waals surface area (Å²) in [5, 5.41) is 9.95. The standard InChI is InChI=1S/C23H13Cl2NO3/c24-18-8-11-20(21(25)13-18)23(28)29-19-9-6-15(7-10-19)12-17(14-26)22(27)16-4-2-1-3-5-16/h1-13H/b17-12+. The Bertz CT molecular complexity index is 1130. The molecule has 0 aliphatic carbocycles. The van der Waals surface area contributed by atoms with Crippen LogP contribution >= 0.6 is 23.2 Å². The zero-order chi connectivity index (χ0) is 20.8. The van der Waals surface area contributed by atoms with E-state index in [1.165, 1.54) is 18.2 Å². The number of halogens is 2. The fraction of sp³-hybridized carbons (Fsp3) is 0. The minimum atomic E-state index is -0.619. The van der Waals surface area contributed by atoms with E-state index in [0.717, 1.165) is 0 Å². The van der Waals surface area contributed by atoms with E-state index in [4.69, 9.17) is 27.9 Å². The van der Waals surface area contributed by atoms with Crippen molar-refractivity contribution in [2.24, 2.45) is 0 Å². The van der Waals surface area contributed by atoms with Gasteiger partial charge in [-0.3, -0.25) is 4.79 Å². The second kappa shape index (κ2) is 9.20. The van der Waals surface area contributed by atoms with Crippen molar-refractivity contribution in [3.63, 3.8) is 0 Å². The lowest BCUT2D eigenvalue weighted by Gasteiger charge is -2.06. The minimum absolute atomic E-state index is 0.00823. The number of nitriles is 1. The highest BCUT2D eigenvalue weighted by Gasteiger charge is 2.14. The summed E-state index contributed by atoms with van der Waals surface area (Å²) in [6.07, 6.45) is 1.48. The number of ketones is 1. The van der Waals surface area contributed by atoms with E-state index >= 15 is 0 Å². The van der Waals surface area contributed by atoms with Crippen molar-refractivity contribution < 1.29 is 14.3 Å². The fourth-order valence-corrected chi connectivity index (χ4v) is 3.00. The quantitative estimate of drug-likeness (QED) is 0.166. The van der Waals surface area contributed by atoms with Gasteiger partial charge in [0.05, 0.1) is 10.6 Å². The molecular weight excluding hydrogens is 409 g/mol. The third-order valence-electron chi connectivity index (χ3n) is 3.95. The van der Waals surface area contributed by atoms with Crippen LogP contribution in [0.2, 0.25) is 10.0 Å². The molecule has 142 valence electrons. The molecule has 0 heterocycles. The molecule has 3 aromatic carbocycles. The summed E-state index contributed by atoms with van der Waals surface area (Å²) in [4.78, 5) is 24.7. The van der Waals surface area contributed by atoms with E-state index in [-0.39, 0.29) is 21.9 Å². The monoisotopic (exact) mass is 421 g/mol. The van der Waals surface area contributed by atoms with Gasteiger partial charge in [0.2, 0.25) is 5.78 Å². The van der Waals surface area contributed by atoms with Gasteiger partial charge in [-0.2, -0.15) is 5.26 Å². The Balaban J connectivity index is 1.75. The van der Waals surface area contributed by atoms with Crippen LogP contribution in [0.15, 0.2) is 78.4 Å². The Morgan fingerprint density at radius 2 is 1.62 bits per heavy atom. The average Bonchev–Trinajstić information content (AvgIpc) is 2.73. The van der Waals surface area contributed by atoms with Crippen molar-refractivity contribution in [2.45, 2.75) is 0 Å². The predicted molar refractivity (Wildman–Crippen MR) is 112 cm³/mol. The van der Waals surface area contributed by atoms with Crippen molar-refractivity contribution >= 4 is 41.0 Å². The molecule has 0 bridgehead atoms. The molecule has 0 aliphatic rings. The van der Waals surface area contributed by atoms with E-state index < -0.39 is 5.97 Å². The SMILES string of the molecule is N#C/C(=C\c1ccc(OC(=O)c2ccc(Cl)cc2Cl)cc1)C(=O)c1ccccc1. The van der Waals surface area contributed by atoms with Crippen molar-refractivity contribution in [3.05, 3.63) is 105 Å². The molecule has 0 radical (unpaired) electrons. The van der Waals surface area contributed by atoms with Gasteiger partial charge in [-0.25, -0.2) is 4.79 Å². The number of ether oxygens (including phenoxy) is 1. The van der Waals surface area contributed by atoms with Crippen molar-refractivity contribution in [2.75, 3.05) is 0 Å². The van der Waals surface area contributed by atoms with Gasteiger partial charge in [0.15, 0.2) is 0 Å². The number of esters is 1. The van der Waals surface area contributed by atoms with E-state index in [1.54, 1.807) is 60.7 Å². The fourth-order valence-electron chi connectivity index (χ4n) is 2.51. The number of carbonyl (C=O) groups is 2. The number of hydrogen-bond donors (Lipinski definition) is 0. The normalized spacial score (nSPS) is 10.9. The summed E-state index contributed by atoms with van der Waals surface area (Å²) in [5.74, 6) is -0.682. The summed E-state index contributed by atoms with van der Waals surface area (Å²) in [6, 6.07) is 21.4. The molecule has 4 nitrogen and oxygen atoms in total. The van der Waals surface area contributed by atoms with Crippen LogP contribution in [-0.2, 0) is 0 Å². The highest BCUT2D eigenvalue weighted by molar-refractivity contribution is 6.36. The van der Waals surface area contributed by atoms with Gasteiger partial charge >= 0.3 is 5.97 Å². The third-order valence-corrected chi connectivity index (χ3v) is 4.50. The first-order valence-corrected chi connectivity index (χ1v) is 9.22. The maximum atomic E-state index is 12.4. The molecule has 0 N–H and O–H groups in total. The number of benzene rings is 3. The number of allylic oxidation sites excluding steroid dienone is 1. The van der Waals surface area contributed by atoms with Gasteiger partial charge in [0, 0.05) is 10.6 Å². The third kappa shape index (κ3) is 5.11. The molecule has 29 heavy (non-hydrogen) atoms. The molecule has 0 aromatic heterocycles. The van der Waals surface area contributed by atoms with Crippen molar-refractivity contribution in [3.8, 4) is 11.8 Å². The van der Waals surface area contributed by atoms with Crippen molar-refractivity contribution in [1.82, 2.24) is 0 Å². The molecule has 0 spiro atoms. The molecule has 3 rings (SSSR count). The molecular formula is C23H13Cl2NO3. The summed E-state index contributed by atoms with van der Waals surface area (Å²) in [7, 11) is 0. The minimum Gasteiger partial charge on any atom is -0.423 e.